The van der Waals surface area contributed by atoms with Crippen molar-refractivity contribution in [3.8, 4) is 35.2 Å². The van der Waals surface area contributed by atoms with E-state index in [-0.39, 0.29) is 31.3 Å². The molecule has 79 heavy (non-hydrogen) atoms. The minimum absolute atomic E-state index is 0. The minimum Gasteiger partial charge on any atom is -0.657 e. The standard InChI is InChI=1S/C64H63N6O4S4.Zn/c1-9-13-15-17-31-73-57-36-45(37-59-61(71)69(11-3)63(75)77-59)40(6)33-44(57)20-22-48-55-29-25-51(67-55)41(7)49-23-27-53(65-49)47(54-28-24-50(66-54)42(8)52-26-30-56(48)68-52)21-19-43-35-58(74-32-18-16-14-10-2)46(34-39(43)5)38-60-62(72)70(12-4)64(76)78-60;/h23-30,33-38H,9-18,31-32H2,1-8H3,(H-,65,66,67,68,71,72);/q-1;+2/p-1. The van der Waals surface area contributed by atoms with Gasteiger partial charge in [-0.25, -0.2) is 9.97 Å². The van der Waals surface area contributed by atoms with Gasteiger partial charge in [0.2, 0.25) is 0 Å². The molecule has 2 aromatic carbocycles. The maximum atomic E-state index is 13.3. The van der Waals surface area contributed by atoms with E-state index in [0.717, 1.165) is 118 Å². The van der Waals surface area contributed by atoms with Crippen molar-refractivity contribution < 1.29 is 38.5 Å². The van der Waals surface area contributed by atoms with Gasteiger partial charge < -0.3 is 19.4 Å². The molecule has 0 N–H and O–H groups in total. The third kappa shape index (κ3) is 13.3. The molecule has 5 aromatic rings. The molecule has 2 fully saturated rings. The van der Waals surface area contributed by atoms with Gasteiger partial charge in [0.05, 0.1) is 51.4 Å². The molecule has 3 aromatic heterocycles. The van der Waals surface area contributed by atoms with Crippen molar-refractivity contribution in [3.05, 3.63) is 137 Å². The number of thiocarbonyl (C=S) groups is 2. The number of hydrogen-bond acceptors (Lipinski definition) is 10. The SMILES string of the molecule is CCCCCCOc1cc(/C=C2\SC(=S)N(CC)C2=O)c(C)cc1C#Cc1c2nc(c(C)c3ccc([n-]3)c(C#Cc3cc(OCCCCCC)c(/C=C4\SC(=S)N(CC)C4=O)cc3C)c3nc(c(C)c4ccc1[n-]4)C=C3)C=C2.[Zn+2]. The number of carbonyl (C=O) groups excluding carboxylic acids is 2. The van der Waals surface area contributed by atoms with Crippen LogP contribution in [-0.4, -0.2) is 66.5 Å². The number of nitrogens with zero attached hydrogens (tertiary/aromatic N) is 6. The number of hydrogen-bond donors (Lipinski definition) is 0. The quantitative estimate of drug-likeness (QED) is 0.0302. The Morgan fingerprint density at radius 3 is 1.51 bits per heavy atom. The predicted molar refractivity (Wildman–Crippen MR) is 331 cm³/mol. The first kappa shape index (κ1) is 58.8. The number of unbranched alkanes of at least 4 members (excludes halogenated alkanes) is 6. The van der Waals surface area contributed by atoms with Crippen LogP contribution in [0.25, 0.3) is 58.5 Å². The van der Waals surface area contributed by atoms with E-state index in [1.54, 1.807) is 9.80 Å². The molecule has 0 spiro atoms. The van der Waals surface area contributed by atoms with Gasteiger partial charge in [0.25, 0.3) is 11.8 Å². The second kappa shape index (κ2) is 26.8. The molecule has 8 bridgehead atoms. The largest absolute Gasteiger partial charge is 2.00 e. The molecule has 4 aliphatic heterocycles. The summed E-state index contributed by atoms with van der Waals surface area (Å²) < 4.78 is 14.1. The molecule has 0 saturated carbocycles. The third-order valence-corrected chi connectivity index (χ3v) is 16.7. The van der Waals surface area contributed by atoms with E-state index in [1.165, 1.54) is 23.5 Å². The summed E-state index contributed by atoms with van der Waals surface area (Å²) in [5.41, 5.74) is 14.0. The molecule has 2 amide bonds. The Bertz CT molecular complexity index is 3710. The Balaban J connectivity index is 0.00000822. The van der Waals surface area contributed by atoms with Crippen LogP contribution in [0.4, 0.5) is 0 Å². The van der Waals surface area contributed by atoms with Crippen LogP contribution in [0.3, 0.4) is 0 Å². The van der Waals surface area contributed by atoms with E-state index in [1.807, 2.05) is 127 Å². The molecule has 7 heterocycles. The molecule has 0 unspecified atom stereocenters. The zero-order valence-corrected chi connectivity index (χ0v) is 52.5. The van der Waals surface area contributed by atoms with E-state index in [0.29, 0.717) is 89.8 Å². The molecule has 2 saturated heterocycles. The van der Waals surface area contributed by atoms with Crippen LogP contribution in [-0.2, 0) is 29.1 Å². The number of fused-ring (bicyclic) bond motifs is 8. The fourth-order valence-corrected chi connectivity index (χ4v) is 12.0. The Labute approximate surface area is 496 Å². The van der Waals surface area contributed by atoms with Crippen LogP contribution < -0.4 is 19.4 Å². The molecule has 0 atom stereocenters. The number of aromatic nitrogens is 4. The second-order valence-corrected chi connectivity index (χ2v) is 22.8. The fourth-order valence-electron chi connectivity index (χ4n) is 9.29. The number of benzene rings is 2. The van der Waals surface area contributed by atoms with Crippen molar-refractivity contribution in [2.45, 2.75) is 107 Å². The van der Waals surface area contributed by atoms with Gasteiger partial charge in [0, 0.05) is 35.3 Å². The summed E-state index contributed by atoms with van der Waals surface area (Å²) >= 11 is 13.7. The molecular formula is C64H62N6O4S4Zn. The van der Waals surface area contributed by atoms with E-state index in [9.17, 15) is 9.59 Å². The summed E-state index contributed by atoms with van der Waals surface area (Å²) in [4.78, 5) is 51.7. The molecule has 9 rings (SSSR count). The monoisotopic (exact) mass is 1170 g/mol. The Kier molecular flexibility index (Phi) is 19.9. The minimum atomic E-state index is -0.0925. The number of rotatable bonds is 16. The zero-order chi connectivity index (χ0) is 55.0. The molecule has 4 aliphatic rings. The molecule has 10 nitrogen and oxygen atoms in total. The molecule has 0 radical (unpaired) electrons. The summed E-state index contributed by atoms with van der Waals surface area (Å²) in [7, 11) is 0. The van der Waals surface area contributed by atoms with Gasteiger partial charge in [-0.1, -0.05) is 148 Å². The van der Waals surface area contributed by atoms with Crippen LogP contribution in [0.15, 0.2) is 58.3 Å². The summed E-state index contributed by atoms with van der Waals surface area (Å²) in [5, 5.41) is 0. The van der Waals surface area contributed by atoms with Crippen molar-refractivity contribution >= 4 is 127 Å². The van der Waals surface area contributed by atoms with Gasteiger partial charge in [-0.15, -0.1) is 22.1 Å². The predicted octanol–water partition coefficient (Wildman–Crippen LogP) is 14.3. The van der Waals surface area contributed by atoms with Crippen molar-refractivity contribution in [1.29, 1.82) is 0 Å². The van der Waals surface area contributed by atoms with Crippen molar-refractivity contribution in [2.24, 2.45) is 0 Å². The Morgan fingerprint density at radius 1 is 0.544 bits per heavy atom. The average Bonchev–Trinajstić information content (AvgIpc) is 4.34. The van der Waals surface area contributed by atoms with Gasteiger partial charge >= 0.3 is 19.5 Å². The van der Waals surface area contributed by atoms with Crippen LogP contribution in [0.5, 0.6) is 11.5 Å². The van der Waals surface area contributed by atoms with Gasteiger partial charge in [0.15, 0.2) is 0 Å². The molecule has 0 aliphatic carbocycles. The normalized spacial score (nSPS) is 14.8. The second-order valence-electron chi connectivity index (χ2n) is 19.4. The van der Waals surface area contributed by atoms with E-state index >= 15 is 0 Å². The van der Waals surface area contributed by atoms with Crippen molar-refractivity contribution in [1.82, 2.24) is 29.7 Å². The van der Waals surface area contributed by atoms with Gasteiger partial charge in [-0.2, -0.15) is 0 Å². The van der Waals surface area contributed by atoms with Crippen molar-refractivity contribution in [2.75, 3.05) is 26.3 Å². The average molecular weight is 1170 g/mol. The summed E-state index contributed by atoms with van der Waals surface area (Å²) in [6, 6.07) is 16.0. The van der Waals surface area contributed by atoms with Crippen LogP contribution >= 0.6 is 48.0 Å². The molecule has 15 heteroatoms. The number of aryl methyl sites for hydroxylation is 4. The van der Waals surface area contributed by atoms with E-state index < -0.39 is 0 Å². The summed E-state index contributed by atoms with van der Waals surface area (Å²) in [6.45, 7) is 18.5. The van der Waals surface area contributed by atoms with E-state index in [4.69, 9.17) is 53.8 Å². The summed E-state index contributed by atoms with van der Waals surface area (Å²) in [5.74, 6) is 15.1. The Morgan fingerprint density at radius 2 is 1.01 bits per heavy atom. The van der Waals surface area contributed by atoms with Gasteiger partial charge in [-0.3, -0.25) is 19.4 Å². The maximum Gasteiger partial charge on any atom is 2.00 e. The Hall–Kier alpha value is -6.32. The number of amides is 2. The maximum absolute atomic E-state index is 13.3. The van der Waals surface area contributed by atoms with Crippen LogP contribution in [0, 0.1) is 51.4 Å². The number of ether oxygens (including phenoxy) is 2. The van der Waals surface area contributed by atoms with Gasteiger partial charge in [-0.05, 0) is 143 Å². The number of thioether (sulfide) groups is 2. The molecule has 398 valence electrons. The first-order valence-corrected chi connectivity index (χ1v) is 29.3. The summed E-state index contributed by atoms with van der Waals surface area (Å²) in [6.07, 6.45) is 20.3. The first-order chi connectivity index (χ1) is 37.8. The smallest absolute Gasteiger partial charge is 0.657 e. The number of likely N-dealkylation sites (N-methyl/N-ethyl adjacent to an activating group) is 2. The molecular weight excluding hydrogens is 1110 g/mol. The van der Waals surface area contributed by atoms with Crippen LogP contribution in [0.1, 0.15) is 157 Å². The first-order valence-electron chi connectivity index (χ1n) is 26.9. The zero-order valence-electron chi connectivity index (χ0n) is 46.2. The fraction of sp³-hybridized carbons (Fsp3) is 0.312. The van der Waals surface area contributed by atoms with Gasteiger partial charge in [0.1, 0.15) is 20.1 Å². The van der Waals surface area contributed by atoms with Crippen molar-refractivity contribution in [3.63, 3.8) is 0 Å². The van der Waals surface area contributed by atoms with E-state index in [2.05, 4.69) is 37.5 Å². The topological polar surface area (TPSA) is 113 Å². The third-order valence-electron chi connectivity index (χ3n) is 14.0. The number of carbonyl (C=O) groups is 2. The van der Waals surface area contributed by atoms with Crippen LogP contribution in [0.2, 0.25) is 0 Å².